The van der Waals surface area contributed by atoms with E-state index in [9.17, 15) is 29.8 Å². The van der Waals surface area contributed by atoms with Crippen molar-refractivity contribution < 1.29 is 28.9 Å². The summed E-state index contributed by atoms with van der Waals surface area (Å²) in [5, 5.41) is 23.8. The zero-order chi connectivity index (χ0) is 28.2. The lowest BCUT2D eigenvalue weighted by Gasteiger charge is -2.14. The summed E-state index contributed by atoms with van der Waals surface area (Å²) >= 11 is 0.823. The maximum Gasteiger partial charge on any atom is 0.318 e. The predicted octanol–water partition coefficient (Wildman–Crippen LogP) is 6.56. The number of hydrogen-bond donors (Lipinski definition) is 0. The normalized spacial score (nSPS) is 14.1. The number of amides is 2. The highest BCUT2D eigenvalue weighted by atomic mass is 32.2. The van der Waals surface area contributed by atoms with Crippen LogP contribution >= 0.6 is 11.8 Å². The van der Waals surface area contributed by atoms with Gasteiger partial charge in [-0.1, -0.05) is 48.5 Å². The summed E-state index contributed by atoms with van der Waals surface area (Å²) in [5.41, 5.74) is -0.372. The van der Waals surface area contributed by atoms with Gasteiger partial charge in [0.15, 0.2) is 0 Å². The molecule has 0 bridgehead atoms. The number of nitro groups is 2. The van der Waals surface area contributed by atoms with Crippen LogP contribution < -0.4 is 9.47 Å². The Kier molecular flexibility index (Phi) is 7.42. The highest BCUT2D eigenvalue weighted by Crippen LogP contribution is 2.36. The zero-order valence-corrected chi connectivity index (χ0v) is 21.4. The van der Waals surface area contributed by atoms with Crippen molar-refractivity contribution in [1.29, 1.82) is 0 Å². The summed E-state index contributed by atoms with van der Waals surface area (Å²) in [6.07, 6.45) is 1.56. The van der Waals surface area contributed by atoms with E-state index in [1.54, 1.807) is 18.2 Å². The van der Waals surface area contributed by atoms with Gasteiger partial charge in [0.1, 0.15) is 18.1 Å². The average Bonchev–Trinajstić information content (AvgIpc) is 3.21. The lowest BCUT2D eigenvalue weighted by Crippen LogP contribution is -2.32. The summed E-state index contributed by atoms with van der Waals surface area (Å²) in [4.78, 5) is 47.5. The minimum absolute atomic E-state index is 0.0893. The second-order valence-corrected chi connectivity index (χ2v) is 9.49. The minimum Gasteiger partial charge on any atom is -0.491 e. The number of nitrogens with zero attached hydrogens (tertiary/aromatic N) is 3. The molecule has 0 spiro atoms. The van der Waals surface area contributed by atoms with Crippen LogP contribution in [0.1, 0.15) is 5.56 Å². The first-order valence-corrected chi connectivity index (χ1v) is 12.7. The Labute approximate surface area is 230 Å². The van der Waals surface area contributed by atoms with Crippen LogP contribution in [0.4, 0.5) is 16.2 Å². The van der Waals surface area contributed by atoms with Gasteiger partial charge < -0.3 is 9.47 Å². The first-order valence-electron chi connectivity index (χ1n) is 11.9. The van der Waals surface area contributed by atoms with Crippen LogP contribution in [-0.2, 0) is 4.79 Å². The SMILES string of the molecule is O=C1S/C(=C\c2ccc(Oc3ccc([N+](=O)[O-])cc3[N+](=O)[O-])cc2)C(=O)N1CCOc1cccc2ccccc12. The highest BCUT2D eigenvalue weighted by Gasteiger charge is 2.34. The van der Waals surface area contributed by atoms with Crippen LogP contribution in [-0.4, -0.2) is 39.0 Å². The fourth-order valence-corrected chi connectivity index (χ4v) is 4.88. The molecular weight excluding hydrogens is 538 g/mol. The number of carbonyl (C=O) groups excluding carboxylic acids is 2. The molecule has 200 valence electrons. The van der Waals surface area contributed by atoms with E-state index in [-0.39, 0.29) is 29.6 Å². The zero-order valence-electron chi connectivity index (χ0n) is 20.6. The highest BCUT2D eigenvalue weighted by molar-refractivity contribution is 8.18. The molecule has 2 amide bonds. The van der Waals surface area contributed by atoms with Gasteiger partial charge in [0, 0.05) is 11.5 Å². The summed E-state index contributed by atoms with van der Waals surface area (Å²) in [7, 11) is 0. The molecular formula is C28H19N3O8S. The lowest BCUT2D eigenvalue weighted by molar-refractivity contribution is -0.394. The van der Waals surface area contributed by atoms with E-state index in [2.05, 4.69) is 0 Å². The van der Waals surface area contributed by atoms with Crippen LogP contribution in [0.3, 0.4) is 0 Å². The summed E-state index contributed by atoms with van der Waals surface area (Å²) in [5.74, 6) is 0.323. The largest absolute Gasteiger partial charge is 0.491 e. The van der Waals surface area contributed by atoms with Crippen molar-refractivity contribution in [3.05, 3.63) is 116 Å². The quantitative estimate of drug-likeness (QED) is 0.127. The molecule has 0 saturated carbocycles. The molecule has 0 N–H and O–H groups in total. The summed E-state index contributed by atoms with van der Waals surface area (Å²) in [6.45, 7) is 0.228. The van der Waals surface area contributed by atoms with E-state index in [1.165, 1.54) is 12.1 Å². The molecule has 5 rings (SSSR count). The van der Waals surface area contributed by atoms with Crippen molar-refractivity contribution in [3.8, 4) is 17.2 Å². The van der Waals surface area contributed by atoms with E-state index in [0.717, 1.165) is 45.6 Å². The van der Waals surface area contributed by atoms with Crippen molar-refractivity contribution >= 4 is 51.1 Å². The van der Waals surface area contributed by atoms with E-state index < -0.39 is 32.4 Å². The van der Waals surface area contributed by atoms with Crippen molar-refractivity contribution in [2.75, 3.05) is 13.2 Å². The first-order chi connectivity index (χ1) is 19.3. The molecule has 11 nitrogen and oxygen atoms in total. The third-order valence-corrected chi connectivity index (χ3v) is 6.86. The third-order valence-electron chi connectivity index (χ3n) is 5.95. The lowest BCUT2D eigenvalue weighted by atomic mass is 10.1. The molecule has 1 heterocycles. The number of thioether (sulfide) groups is 1. The van der Waals surface area contributed by atoms with Gasteiger partial charge in [-0.2, -0.15) is 0 Å². The molecule has 40 heavy (non-hydrogen) atoms. The summed E-state index contributed by atoms with van der Waals surface area (Å²) in [6, 6.07) is 22.8. The maximum atomic E-state index is 12.9. The van der Waals surface area contributed by atoms with Crippen LogP contribution in [0.25, 0.3) is 16.8 Å². The number of imide groups is 1. The van der Waals surface area contributed by atoms with Crippen molar-refractivity contribution in [2.45, 2.75) is 0 Å². The second-order valence-electron chi connectivity index (χ2n) is 8.50. The Hall–Kier alpha value is -5.23. The first kappa shape index (κ1) is 26.4. The molecule has 0 aromatic heterocycles. The number of benzene rings is 4. The fraction of sp³-hybridized carbons (Fsp3) is 0.0714. The molecule has 4 aromatic rings. The number of ether oxygens (including phenoxy) is 2. The predicted molar refractivity (Wildman–Crippen MR) is 148 cm³/mol. The van der Waals surface area contributed by atoms with Crippen LogP contribution in [0, 0.1) is 20.2 Å². The van der Waals surface area contributed by atoms with Crippen LogP contribution in [0.5, 0.6) is 17.2 Å². The van der Waals surface area contributed by atoms with Gasteiger partial charge >= 0.3 is 5.69 Å². The van der Waals surface area contributed by atoms with Gasteiger partial charge in [-0.25, -0.2) is 0 Å². The number of rotatable bonds is 9. The molecule has 0 atom stereocenters. The molecule has 12 heteroatoms. The number of carbonyl (C=O) groups is 2. The Balaban J connectivity index is 1.23. The Bertz CT molecular complexity index is 1680. The van der Waals surface area contributed by atoms with Gasteiger partial charge in [-0.15, -0.1) is 0 Å². The molecule has 1 aliphatic rings. The van der Waals surface area contributed by atoms with Gasteiger partial charge in [0.05, 0.1) is 27.4 Å². The molecule has 0 radical (unpaired) electrons. The second kappa shape index (κ2) is 11.3. The standard InChI is InChI=1S/C28H19N3O8S/c32-27-26(40-28(33)29(27)14-15-38-24-7-3-5-19-4-1-2-6-22(19)24)16-18-8-11-21(12-9-18)39-25-13-10-20(30(34)35)17-23(25)31(36)37/h1-13,16-17H,14-15H2/b26-16-. The van der Waals surface area contributed by atoms with Crippen molar-refractivity contribution in [2.24, 2.45) is 0 Å². The number of non-ortho nitro benzene ring substituents is 1. The average molecular weight is 558 g/mol. The number of fused-ring (bicyclic) bond motifs is 1. The summed E-state index contributed by atoms with van der Waals surface area (Å²) < 4.78 is 11.4. The van der Waals surface area contributed by atoms with E-state index in [1.807, 2.05) is 42.5 Å². The van der Waals surface area contributed by atoms with Crippen LogP contribution in [0.2, 0.25) is 0 Å². The maximum absolute atomic E-state index is 12.9. The Morgan fingerprint density at radius 2 is 1.60 bits per heavy atom. The molecule has 0 aliphatic carbocycles. The Morgan fingerprint density at radius 1 is 0.850 bits per heavy atom. The minimum atomic E-state index is -0.764. The van der Waals surface area contributed by atoms with Gasteiger partial charge in [0.2, 0.25) is 5.75 Å². The van der Waals surface area contributed by atoms with E-state index in [4.69, 9.17) is 9.47 Å². The smallest absolute Gasteiger partial charge is 0.318 e. The van der Waals surface area contributed by atoms with Crippen molar-refractivity contribution in [3.63, 3.8) is 0 Å². The van der Waals surface area contributed by atoms with Gasteiger partial charge in [0.25, 0.3) is 16.8 Å². The fourth-order valence-electron chi connectivity index (χ4n) is 4.02. The number of nitro benzene ring substituents is 2. The molecule has 1 saturated heterocycles. The van der Waals surface area contributed by atoms with Gasteiger partial charge in [-0.3, -0.25) is 34.7 Å². The molecule has 4 aromatic carbocycles. The van der Waals surface area contributed by atoms with Crippen LogP contribution in [0.15, 0.2) is 89.8 Å². The van der Waals surface area contributed by atoms with Crippen molar-refractivity contribution in [1.82, 2.24) is 4.90 Å². The molecule has 1 aliphatic heterocycles. The van der Waals surface area contributed by atoms with E-state index in [0.29, 0.717) is 11.3 Å². The van der Waals surface area contributed by atoms with Gasteiger partial charge in [-0.05, 0) is 53.1 Å². The topological polar surface area (TPSA) is 142 Å². The monoisotopic (exact) mass is 557 g/mol. The molecule has 1 fully saturated rings. The molecule has 0 unspecified atom stereocenters. The van der Waals surface area contributed by atoms with E-state index >= 15 is 0 Å². The Morgan fingerprint density at radius 3 is 2.35 bits per heavy atom. The third kappa shape index (κ3) is 5.61. The number of hydrogen-bond acceptors (Lipinski definition) is 9.